The maximum Gasteiger partial charge on any atom is 0.146 e. The van der Waals surface area contributed by atoms with E-state index in [1.807, 2.05) is 6.92 Å². The van der Waals surface area contributed by atoms with Gasteiger partial charge in [0.1, 0.15) is 11.6 Å². The van der Waals surface area contributed by atoms with Crippen LogP contribution in [0.3, 0.4) is 0 Å². The van der Waals surface area contributed by atoms with Gasteiger partial charge in [-0.3, -0.25) is 0 Å². The standard InChI is InChI=1S/C14H12BrCl2FN2/c1-2-6-19-14-11(17)7-10(16)13(20-14)8-4-3-5-9(15)12(8)18/h3-5,7H,2,6H2,1H3,(H,19,20). The van der Waals surface area contributed by atoms with Crippen molar-refractivity contribution in [1.82, 2.24) is 4.98 Å². The van der Waals surface area contributed by atoms with Gasteiger partial charge < -0.3 is 5.32 Å². The monoisotopic (exact) mass is 376 g/mol. The normalized spacial score (nSPS) is 10.7. The summed E-state index contributed by atoms with van der Waals surface area (Å²) in [5.74, 6) is 0.109. The van der Waals surface area contributed by atoms with E-state index < -0.39 is 5.82 Å². The first-order chi connectivity index (χ1) is 9.54. The number of nitrogens with zero attached hydrogens (tertiary/aromatic N) is 1. The summed E-state index contributed by atoms with van der Waals surface area (Å²) >= 11 is 15.4. The molecule has 0 saturated carbocycles. The molecule has 2 rings (SSSR count). The molecule has 0 unspecified atom stereocenters. The highest BCUT2D eigenvalue weighted by Gasteiger charge is 2.15. The number of halogens is 4. The molecule has 0 aliphatic rings. The zero-order chi connectivity index (χ0) is 14.7. The number of hydrogen-bond donors (Lipinski definition) is 1. The summed E-state index contributed by atoms with van der Waals surface area (Å²) < 4.78 is 14.5. The fourth-order valence-electron chi connectivity index (χ4n) is 1.71. The summed E-state index contributed by atoms with van der Waals surface area (Å²) in [6.45, 7) is 2.76. The van der Waals surface area contributed by atoms with Crippen LogP contribution in [-0.2, 0) is 0 Å². The first-order valence-electron chi connectivity index (χ1n) is 6.09. The molecule has 0 atom stereocenters. The summed E-state index contributed by atoms with van der Waals surface area (Å²) in [4.78, 5) is 4.35. The lowest BCUT2D eigenvalue weighted by molar-refractivity contribution is 0.624. The molecule has 20 heavy (non-hydrogen) atoms. The van der Waals surface area contributed by atoms with Crippen molar-refractivity contribution in [3.63, 3.8) is 0 Å². The van der Waals surface area contributed by atoms with E-state index in [-0.39, 0.29) is 0 Å². The van der Waals surface area contributed by atoms with E-state index in [2.05, 4.69) is 26.2 Å². The van der Waals surface area contributed by atoms with Crippen LogP contribution in [0.4, 0.5) is 10.2 Å². The first kappa shape index (κ1) is 15.5. The molecule has 0 spiro atoms. The number of nitrogens with one attached hydrogen (secondary N) is 1. The zero-order valence-electron chi connectivity index (χ0n) is 10.7. The second kappa shape index (κ2) is 6.74. The molecule has 106 valence electrons. The zero-order valence-corrected chi connectivity index (χ0v) is 13.8. The van der Waals surface area contributed by atoms with Crippen molar-refractivity contribution in [2.75, 3.05) is 11.9 Å². The second-order valence-corrected chi connectivity index (χ2v) is 5.85. The van der Waals surface area contributed by atoms with E-state index >= 15 is 0 Å². The van der Waals surface area contributed by atoms with Crippen LogP contribution in [0.5, 0.6) is 0 Å². The van der Waals surface area contributed by atoms with Crippen LogP contribution < -0.4 is 5.32 Å². The molecule has 0 saturated heterocycles. The van der Waals surface area contributed by atoms with E-state index in [1.54, 1.807) is 24.3 Å². The molecular weight excluding hydrogens is 366 g/mol. The minimum Gasteiger partial charge on any atom is -0.369 e. The maximum atomic E-state index is 14.2. The Hall–Kier alpha value is -0.840. The molecule has 2 aromatic rings. The van der Waals surface area contributed by atoms with Gasteiger partial charge in [-0.2, -0.15) is 0 Å². The SMILES string of the molecule is CCCNc1nc(-c2cccc(Br)c2F)c(Cl)cc1Cl. The van der Waals surface area contributed by atoms with Crippen LogP contribution in [0.15, 0.2) is 28.7 Å². The smallest absolute Gasteiger partial charge is 0.146 e. The Morgan fingerprint density at radius 1 is 1.30 bits per heavy atom. The molecule has 0 aliphatic carbocycles. The van der Waals surface area contributed by atoms with Crippen LogP contribution >= 0.6 is 39.1 Å². The van der Waals surface area contributed by atoms with Gasteiger partial charge in [0.05, 0.1) is 20.2 Å². The number of anilines is 1. The van der Waals surface area contributed by atoms with Crippen LogP contribution in [0.25, 0.3) is 11.3 Å². The largest absolute Gasteiger partial charge is 0.369 e. The highest BCUT2D eigenvalue weighted by atomic mass is 79.9. The lowest BCUT2D eigenvalue weighted by atomic mass is 10.1. The average molecular weight is 378 g/mol. The van der Waals surface area contributed by atoms with E-state index in [9.17, 15) is 4.39 Å². The first-order valence-corrected chi connectivity index (χ1v) is 7.63. The fraction of sp³-hybridized carbons (Fsp3) is 0.214. The predicted molar refractivity (Wildman–Crippen MR) is 86.1 cm³/mol. The molecule has 0 amide bonds. The molecular formula is C14H12BrCl2FN2. The van der Waals surface area contributed by atoms with Gasteiger partial charge in [-0.15, -0.1) is 0 Å². The van der Waals surface area contributed by atoms with Crippen molar-refractivity contribution < 1.29 is 4.39 Å². The van der Waals surface area contributed by atoms with Crippen molar-refractivity contribution in [2.24, 2.45) is 0 Å². The van der Waals surface area contributed by atoms with Crippen molar-refractivity contribution in [2.45, 2.75) is 13.3 Å². The van der Waals surface area contributed by atoms with Gasteiger partial charge in [-0.25, -0.2) is 9.37 Å². The molecule has 0 fully saturated rings. The van der Waals surface area contributed by atoms with E-state index in [0.29, 0.717) is 31.6 Å². The van der Waals surface area contributed by atoms with Gasteiger partial charge in [0.15, 0.2) is 0 Å². The highest BCUT2D eigenvalue weighted by molar-refractivity contribution is 9.10. The summed E-state index contributed by atoms with van der Waals surface area (Å²) in [6.07, 6.45) is 0.932. The van der Waals surface area contributed by atoms with E-state index in [4.69, 9.17) is 23.2 Å². The summed E-state index contributed by atoms with van der Waals surface area (Å²) in [5.41, 5.74) is 0.703. The lowest BCUT2D eigenvalue weighted by Crippen LogP contribution is -2.04. The molecule has 1 N–H and O–H groups in total. The molecule has 0 aliphatic heterocycles. The molecule has 0 radical (unpaired) electrons. The molecule has 1 aromatic heterocycles. The molecule has 6 heteroatoms. The van der Waals surface area contributed by atoms with Gasteiger partial charge >= 0.3 is 0 Å². The average Bonchev–Trinajstić information content (AvgIpc) is 2.41. The van der Waals surface area contributed by atoms with Crippen LogP contribution in [0, 0.1) is 5.82 Å². The van der Waals surface area contributed by atoms with E-state index in [0.717, 1.165) is 13.0 Å². The summed E-state index contributed by atoms with van der Waals surface area (Å²) in [7, 11) is 0. The second-order valence-electron chi connectivity index (χ2n) is 4.18. The summed E-state index contributed by atoms with van der Waals surface area (Å²) in [5, 5.41) is 3.83. The van der Waals surface area contributed by atoms with E-state index in [1.165, 1.54) is 0 Å². The van der Waals surface area contributed by atoms with Crippen LogP contribution in [-0.4, -0.2) is 11.5 Å². The fourth-order valence-corrected chi connectivity index (χ4v) is 2.60. The quantitative estimate of drug-likeness (QED) is 0.730. The minimum atomic E-state index is -0.398. The number of benzene rings is 1. The van der Waals surface area contributed by atoms with Gasteiger partial charge in [-0.1, -0.05) is 36.2 Å². The topological polar surface area (TPSA) is 24.9 Å². The Balaban J connectivity index is 2.53. The van der Waals surface area contributed by atoms with Crippen LogP contribution in [0.1, 0.15) is 13.3 Å². The van der Waals surface area contributed by atoms with Crippen molar-refractivity contribution in [3.05, 3.63) is 44.6 Å². The van der Waals surface area contributed by atoms with Crippen molar-refractivity contribution in [3.8, 4) is 11.3 Å². The third kappa shape index (κ3) is 3.25. The Morgan fingerprint density at radius 3 is 2.75 bits per heavy atom. The molecule has 0 bridgehead atoms. The minimum absolute atomic E-state index is 0.314. The summed E-state index contributed by atoms with van der Waals surface area (Å²) in [6, 6.07) is 6.56. The van der Waals surface area contributed by atoms with Gasteiger partial charge in [0.25, 0.3) is 0 Å². The molecule has 1 heterocycles. The van der Waals surface area contributed by atoms with Crippen LogP contribution in [0.2, 0.25) is 10.0 Å². The predicted octanol–water partition coefficient (Wildman–Crippen LogP) is 5.78. The third-order valence-corrected chi connectivity index (χ3v) is 3.87. The Kier molecular flexibility index (Phi) is 5.24. The molecule has 1 aromatic carbocycles. The Morgan fingerprint density at radius 2 is 2.05 bits per heavy atom. The number of rotatable bonds is 4. The number of pyridine rings is 1. The highest BCUT2D eigenvalue weighted by Crippen LogP contribution is 2.35. The number of aromatic nitrogens is 1. The maximum absolute atomic E-state index is 14.2. The Bertz CT molecular complexity index is 635. The van der Waals surface area contributed by atoms with Crippen molar-refractivity contribution >= 4 is 44.9 Å². The number of hydrogen-bond acceptors (Lipinski definition) is 2. The van der Waals surface area contributed by atoms with Gasteiger partial charge in [0, 0.05) is 12.1 Å². The van der Waals surface area contributed by atoms with Crippen molar-refractivity contribution in [1.29, 1.82) is 0 Å². The van der Waals surface area contributed by atoms with Gasteiger partial charge in [-0.05, 0) is 40.5 Å². The molecule has 2 nitrogen and oxygen atoms in total. The Labute approximate surface area is 135 Å². The third-order valence-electron chi connectivity index (χ3n) is 2.68. The van der Waals surface area contributed by atoms with Gasteiger partial charge in [0.2, 0.25) is 0 Å². The lowest BCUT2D eigenvalue weighted by Gasteiger charge is -2.11.